The quantitative estimate of drug-likeness (QED) is 0.283. The first kappa shape index (κ1) is 26.6. The van der Waals surface area contributed by atoms with E-state index in [1.165, 1.54) is 0 Å². The molecule has 1 unspecified atom stereocenters. The number of fused-ring (bicyclic) bond motifs is 1. The van der Waals surface area contributed by atoms with Crippen LogP contribution in [-0.2, 0) is 22.7 Å². The van der Waals surface area contributed by atoms with Crippen molar-refractivity contribution in [2.75, 3.05) is 12.0 Å². The van der Waals surface area contributed by atoms with Gasteiger partial charge in [-0.15, -0.1) is 5.10 Å². The van der Waals surface area contributed by atoms with Gasteiger partial charge in [-0.25, -0.2) is 4.68 Å². The Hall–Kier alpha value is -4.98. The molecule has 0 fully saturated rings. The number of carbonyl (C=O) groups is 2. The monoisotopic (exact) mass is 533 g/mol. The van der Waals surface area contributed by atoms with Gasteiger partial charge in [0.05, 0.1) is 18.3 Å². The van der Waals surface area contributed by atoms with Gasteiger partial charge in [0, 0.05) is 6.54 Å². The normalized spacial score (nSPS) is 11.7. The van der Waals surface area contributed by atoms with Gasteiger partial charge in [-0.1, -0.05) is 78.0 Å². The third kappa shape index (κ3) is 5.56. The summed E-state index contributed by atoms with van der Waals surface area (Å²) in [5.41, 5.74) is 5.45. The number of aromatic nitrogens is 3. The van der Waals surface area contributed by atoms with Gasteiger partial charge in [0.25, 0.3) is 0 Å². The molecule has 0 spiro atoms. The Balaban J connectivity index is 1.61. The van der Waals surface area contributed by atoms with Crippen molar-refractivity contribution in [1.82, 2.24) is 20.3 Å². The summed E-state index contributed by atoms with van der Waals surface area (Å²) in [6.07, 6.45) is 0. The van der Waals surface area contributed by atoms with Gasteiger partial charge in [-0.3, -0.25) is 14.5 Å². The summed E-state index contributed by atoms with van der Waals surface area (Å²) in [6.45, 7) is 4.11. The highest BCUT2D eigenvalue weighted by Crippen LogP contribution is 2.34. The average molecular weight is 534 g/mol. The number of nitrogens with one attached hydrogen (secondary N) is 1. The molecule has 8 nitrogen and oxygen atoms in total. The summed E-state index contributed by atoms with van der Waals surface area (Å²) >= 11 is 0. The highest BCUT2D eigenvalue weighted by Gasteiger charge is 2.35. The smallest absolute Gasteiger partial charge is 0.249 e. The number of nitrogens with zero attached hydrogens (tertiary/aromatic N) is 4. The van der Waals surface area contributed by atoms with Crippen LogP contribution in [0.5, 0.6) is 5.75 Å². The molecule has 0 aliphatic rings. The van der Waals surface area contributed by atoms with Crippen LogP contribution in [0.4, 0.5) is 5.69 Å². The summed E-state index contributed by atoms with van der Waals surface area (Å²) < 4.78 is 7.06. The number of rotatable bonds is 9. The fraction of sp³-hybridized carbons (Fsp3) is 0.188. The number of anilines is 1. The maximum atomic E-state index is 14.3. The van der Waals surface area contributed by atoms with Gasteiger partial charge >= 0.3 is 0 Å². The molecule has 40 heavy (non-hydrogen) atoms. The SMILES string of the molecule is COc1cccc(C(C(=O)NCc2ccccc2)N(C(=O)Cn2nnc3ccccc32)c2c(C)cccc2C)c1. The van der Waals surface area contributed by atoms with Crippen LogP contribution in [0, 0.1) is 13.8 Å². The second-order valence-electron chi connectivity index (χ2n) is 9.62. The van der Waals surface area contributed by atoms with Crippen LogP contribution in [0.3, 0.4) is 0 Å². The number of hydrogen-bond donors (Lipinski definition) is 1. The molecule has 1 aromatic heterocycles. The summed E-state index contributed by atoms with van der Waals surface area (Å²) in [5, 5.41) is 11.5. The number of methoxy groups -OCH3 is 1. The maximum Gasteiger partial charge on any atom is 0.249 e. The predicted octanol–water partition coefficient (Wildman–Crippen LogP) is 5.15. The first-order valence-corrected chi connectivity index (χ1v) is 13.1. The van der Waals surface area contributed by atoms with Gasteiger partial charge < -0.3 is 10.1 Å². The molecule has 1 heterocycles. The van der Waals surface area contributed by atoms with E-state index in [2.05, 4.69) is 15.6 Å². The minimum absolute atomic E-state index is 0.0965. The van der Waals surface area contributed by atoms with Gasteiger partial charge in [0.2, 0.25) is 11.8 Å². The van der Waals surface area contributed by atoms with E-state index >= 15 is 0 Å². The molecule has 0 aliphatic carbocycles. The summed E-state index contributed by atoms with van der Waals surface area (Å²) in [4.78, 5) is 30.0. The Labute approximate surface area is 233 Å². The van der Waals surface area contributed by atoms with E-state index in [0.717, 1.165) is 22.2 Å². The molecular weight excluding hydrogens is 502 g/mol. The van der Waals surface area contributed by atoms with E-state index in [9.17, 15) is 9.59 Å². The minimum atomic E-state index is -0.971. The number of aryl methyl sites for hydroxylation is 2. The fourth-order valence-corrected chi connectivity index (χ4v) is 4.93. The number of carbonyl (C=O) groups excluding carboxylic acids is 2. The summed E-state index contributed by atoms with van der Waals surface area (Å²) in [6, 6.07) is 29.3. The molecule has 1 atom stereocenters. The van der Waals surface area contributed by atoms with Crippen LogP contribution >= 0.6 is 0 Å². The first-order chi connectivity index (χ1) is 19.5. The Bertz CT molecular complexity index is 1630. The lowest BCUT2D eigenvalue weighted by atomic mass is 9.99. The van der Waals surface area contributed by atoms with Crippen molar-refractivity contribution in [1.29, 1.82) is 0 Å². The van der Waals surface area contributed by atoms with E-state index in [-0.39, 0.29) is 18.4 Å². The summed E-state index contributed by atoms with van der Waals surface area (Å²) in [5.74, 6) is -0.0122. The number of hydrogen-bond acceptors (Lipinski definition) is 5. The van der Waals surface area contributed by atoms with E-state index in [4.69, 9.17) is 4.74 Å². The van der Waals surface area contributed by atoms with Crippen molar-refractivity contribution in [3.05, 3.63) is 119 Å². The van der Waals surface area contributed by atoms with Crippen LogP contribution in [-0.4, -0.2) is 33.9 Å². The molecule has 8 heteroatoms. The number of para-hydroxylation sites is 2. The Morgan fingerprint density at radius 2 is 1.60 bits per heavy atom. The number of amides is 2. The Morgan fingerprint density at radius 1 is 0.900 bits per heavy atom. The van der Waals surface area contributed by atoms with Gasteiger partial charge in [0.1, 0.15) is 23.9 Å². The van der Waals surface area contributed by atoms with Crippen LogP contribution in [0.2, 0.25) is 0 Å². The van der Waals surface area contributed by atoms with Gasteiger partial charge in [-0.05, 0) is 60.4 Å². The van der Waals surface area contributed by atoms with Crippen molar-refractivity contribution in [3.63, 3.8) is 0 Å². The lowest BCUT2D eigenvalue weighted by Crippen LogP contribution is -2.45. The molecule has 202 valence electrons. The zero-order chi connectivity index (χ0) is 28.1. The molecule has 0 saturated heterocycles. The van der Waals surface area contributed by atoms with Crippen molar-refractivity contribution < 1.29 is 14.3 Å². The molecule has 4 aromatic carbocycles. The zero-order valence-electron chi connectivity index (χ0n) is 22.7. The van der Waals surface area contributed by atoms with Crippen LogP contribution in [0.1, 0.15) is 28.3 Å². The van der Waals surface area contributed by atoms with E-state index in [1.54, 1.807) is 22.8 Å². The van der Waals surface area contributed by atoms with E-state index in [0.29, 0.717) is 29.1 Å². The van der Waals surface area contributed by atoms with Crippen molar-refractivity contribution >= 4 is 28.5 Å². The van der Waals surface area contributed by atoms with E-state index < -0.39 is 6.04 Å². The summed E-state index contributed by atoms with van der Waals surface area (Å²) in [7, 11) is 1.58. The number of ether oxygens (including phenoxy) is 1. The Morgan fingerprint density at radius 3 is 2.35 bits per heavy atom. The topological polar surface area (TPSA) is 89.4 Å². The van der Waals surface area contributed by atoms with Crippen LogP contribution < -0.4 is 15.0 Å². The van der Waals surface area contributed by atoms with Gasteiger partial charge in [0.15, 0.2) is 0 Å². The lowest BCUT2D eigenvalue weighted by molar-refractivity contribution is -0.127. The first-order valence-electron chi connectivity index (χ1n) is 13.1. The molecule has 1 N–H and O–H groups in total. The molecule has 0 saturated carbocycles. The average Bonchev–Trinajstić information content (AvgIpc) is 3.38. The third-order valence-electron chi connectivity index (χ3n) is 6.88. The number of benzene rings is 4. The molecule has 5 aromatic rings. The minimum Gasteiger partial charge on any atom is -0.497 e. The third-order valence-corrected chi connectivity index (χ3v) is 6.88. The van der Waals surface area contributed by atoms with Crippen molar-refractivity contribution in [2.24, 2.45) is 0 Å². The van der Waals surface area contributed by atoms with Gasteiger partial charge in [-0.2, -0.15) is 0 Å². The van der Waals surface area contributed by atoms with Crippen LogP contribution in [0.25, 0.3) is 11.0 Å². The highest BCUT2D eigenvalue weighted by atomic mass is 16.5. The van der Waals surface area contributed by atoms with E-state index in [1.807, 2.05) is 105 Å². The molecule has 0 radical (unpaired) electrons. The molecule has 0 bridgehead atoms. The van der Waals surface area contributed by atoms with Crippen LogP contribution in [0.15, 0.2) is 97.1 Å². The molecule has 0 aliphatic heterocycles. The van der Waals surface area contributed by atoms with Crippen molar-refractivity contribution in [3.8, 4) is 5.75 Å². The molecular formula is C32H31N5O3. The van der Waals surface area contributed by atoms with Crippen molar-refractivity contribution in [2.45, 2.75) is 33.0 Å². The Kier molecular flexibility index (Phi) is 7.87. The second kappa shape index (κ2) is 11.8. The second-order valence-corrected chi connectivity index (χ2v) is 9.62. The predicted molar refractivity (Wildman–Crippen MR) is 155 cm³/mol. The molecule has 5 rings (SSSR count). The lowest BCUT2D eigenvalue weighted by Gasteiger charge is -2.34. The zero-order valence-corrected chi connectivity index (χ0v) is 22.7. The highest BCUT2D eigenvalue weighted by molar-refractivity contribution is 6.02. The fourth-order valence-electron chi connectivity index (χ4n) is 4.93. The molecule has 2 amide bonds. The largest absolute Gasteiger partial charge is 0.497 e. The standard InChI is InChI=1S/C32H31N5O3/c1-22-11-9-12-23(2)30(22)37(29(38)21-36-28-18-8-7-17-27(28)34-35-36)31(25-15-10-16-26(19-25)40-3)32(39)33-20-24-13-5-4-6-14-24/h4-19,31H,20-21H2,1-3H3,(H,33,39). The maximum absolute atomic E-state index is 14.3.